The van der Waals surface area contributed by atoms with E-state index in [1.54, 1.807) is 0 Å². The molecule has 8 aromatic carbocycles. The minimum atomic E-state index is 0.803. The Balaban J connectivity index is 1.08. The molecule has 0 aliphatic heterocycles. The summed E-state index contributed by atoms with van der Waals surface area (Å²) in [6.07, 6.45) is 1.82. The predicted octanol–water partition coefficient (Wildman–Crippen LogP) is 13.2. The molecule has 10 rings (SSSR count). The van der Waals surface area contributed by atoms with E-state index in [2.05, 4.69) is 174 Å². The van der Waals surface area contributed by atoms with Crippen molar-refractivity contribution in [2.75, 3.05) is 4.90 Å². The Morgan fingerprint density at radius 3 is 1.50 bits per heavy atom. The molecule has 50 heavy (non-hydrogen) atoms. The van der Waals surface area contributed by atoms with E-state index >= 15 is 0 Å². The average Bonchev–Trinajstić information content (AvgIpc) is 3.54. The van der Waals surface area contributed by atoms with Crippen LogP contribution < -0.4 is 4.90 Å². The third-order valence-corrected chi connectivity index (χ3v) is 9.84. The van der Waals surface area contributed by atoms with Gasteiger partial charge in [0.15, 0.2) is 5.58 Å². The Kier molecular flexibility index (Phi) is 6.49. The summed E-state index contributed by atoms with van der Waals surface area (Å²) in [7, 11) is 0. The lowest BCUT2D eigenvalue weighted by Crippen LogP contribution is -2.09. The maximum absolute atomic E-state index is 6.22. The molecule has 0 saturated heterocycles. The van der Waals surface area contributed by atoms with Gasteiger partial charge in [0.05, 0.1) is 0 Å². The normalized spacial score (nSPS) is 11.6. The summed E-state index contributed by atoms with van der Waals surface area (Å²) in [6, 6.07) is 63.0. The van der Waals surface area contributed by atoms with Gasteiger partial charge in [0.25, 0.3) is 0 Å². The van der Waals surface area contributed by atoms with Crippen LogP contribution >= 0.6 is 0 Å². The zero-order valence-corrected chi connectivity index (χ0v) is 27.1. The molecule has 0 fully saturated rings. The molecule has 2 aromatic heterocycles. The third kappa shape index (κ3) is 4.87. The third-order valence-electron chi connectivity index (χ3n) is 9.84. The molecule has 0 N–H and O–H groups in total. The van der Waals surface area contributed by atoms with Crippen molar-refractivity contribution in [3.05, 3.63) is 182 Å². The SMILES string of the molecule is c1ccc2cc(-c3ccc(N(c4ccc(-c5ccc6ccccc6c5)cc4)c4ccc5cc6c(cc5c4)oc4cccnc46)cc3)ccc2c1. The van der Waals surface area contributed by atoms with Gasteiger partial charge in [0, 0.05) is 28.6 Å². The standard InChI is InChI=1S/C47H30N2O/c1-3-8-35-26-37(13-11-31(35)6-1)33-15-20-41(21-16-33)49(42-22-17-34(18-23-42)38-14-12-32-7-2-4-9-36(32)27-38)43-24-19-39-29-44-46(30-40(39)28-43)50-45-10-5-25-48-47(44)45/h1-30H. The van der Waals surface area contributed by atoms with Crippen LogP contribution in [0, 0.1) is 0 Å². The minimum absolute atomic E-state index is 0.803. The van der Waals surface area contributed by atoms with Crippen LogP contribution in [-0.4, -0.2) is 4.98 Å². The van der Waals surface area contributed by atoms with E-state index in [0.29, 0.717) is 0 Å². The van der Waals surface area contributed by atoms with Gasteiger partial charge in [0.1, 0.15) is 11.1 Å². The first-order valence-corrected chi connectivity index (χ1v) is 16.9. The first-order valence-electron chi connectivity index (χ1n) is 16.9. The molecule has 234 valence electrons. The van der Waals surface area contributed by atoms with E-state index in [-0.39, 0.29) is 0 Å². The van der Waals surface area contributed by atoms with Gasteiger partial charge in [-0.25, -0.2) is 0 Å². The van der Waals surface area contributed by atoms with Crippen LogP contribution in [0.25, 0.3) is 76.6 Å². The monoisotopic (exact) mass is 638 g/mol. The maximum atomic E-state index is 6.22. The van der Waals surface area contributed by atoms with Crippen molar-refractivity contribution in [3.63, 3.8) is 0 Å². The number of benzene rings is 8. The highest BCUT2D eigenvalue weighted by molar-refractivity contribution is 6.09. The molecular weight excluding hydrogens is 609 g/mol. The Labute approximate surface area is 289 Å². The summed E-state index contributed by atoms with van der Waals surface area (Å²) in [5.74, 6) is 0. The number of pyridine rings is 1. The summed E-state index contributed by atoms with van der Waals surface area (Å²) in [5, 5.41) is 8.27. The average molecular weight is 639 g/mol. The van der Waals surface area contributed by atoms with E-state index < -0.39 is 0 Å². The smallest absolute Gasteiger partial charge is 0.153 e. The summed E-state index contributed by atoms with van der Waals surface area (Å²) in [6.45, 7) is 0. The van der Waals surface area contributed by atoms with Crippen LogP contribution in [0.1, 0.15) is 0 Å². The Bertz CT molecular complexity index is 2750. The molecule has 0 atom stereocenters. The van der Waals surface area contributed by atoms with Gasteiger partial charge >= 0.3 is 0 Å². The topological polar surface area (TPSA) is 29.3 Å². The van der Waals surface area contributed by atoms with Crippen LogP contribution in [0.3, 0.4) is 0 Å². The van der Waals surface area contributed by atoms with Crippen LogP contribution in [0.4, 0.5) is 17.1 Å². The van der Waals surface area contributed by atoms with Gasteiger partial charge in [0.2, 0.25) is 0 Å². The van der Waals surface area contributed by atoms with Crippen molar-refractivity contribution < 1.29 is 4.42 Å². The first-order chi connectivity index (χ1) is 24.7. The van der Waals surface area contributed by atoms with E-state index in [1.165, 1.54) is 43.8 Å². The van der Waals surface area contributed by atoms with E-state index in [1.807, 2.05) is 18.3 Å². The first kappa shape index (κ1) is 28.3. The molecule has 3 nitrogen and oxygen atoms in total. The lowest BCUT2D eigenvalue weighted by atomic mass is 10.00. The van der Waals surface area contributed by atoms with E-state index in [4.69, 9.17) is 4.42 Å². The number of aromatic nitrogens is 1. The fourth-order valence-corrected chi connectivity index (χ4v) is 7.26. The lowest BCUT2D eigenvalue weighted by molar-refractivity contribution is 0.668. The quantitative estimate of drug-likeness (QED) is 0.188. The number of fused-ring (bicyclic) bond motifs is 6. The number of nitrogens with zero attached hydrogens (tertiary/aromatic N) is 2. The molecule has 0 bridgehead atoms. The number of hydrogen-bond donors (Lipinski definition) is 0. The lowest BCUT2D eigenvalue weighted by Gasteiger charge is -2.26. The van der Waals surface area contributed by atoms with Crippen LogP contribution in [-0.2, 0) is 0 Å². The zero-order valence-electron chi connectivity index (χ0n) is 27.1. The second kappa shape index (κ2) is 11.5. The molecule has 3 heteroatoms. The van der Waals surface area contributed by atoms with Crippen molar-refractivity contribution >= 4 is 71.4 Å². The molecular formula is C47H30N2O. The summed E-state index contributed by atoms with van der Waals surface area (Å²) in [4.78, 5) is 6.92. The highest BCUT2D eigenvalue weighted by Crippen LogP contribution is 2.40. The van der Waals surface area contributed by atoms with Gasteiger partial charge < -0.3 is 9.32 Å². The van der Waals surface area contributed by atoms with Gasteiger partial charge in [-0.05, 0) is 127 Å². The molecule has 0 spiro atoms. The number of rotatable bonds is 5. The highest BCUT2D eigenvalue weighted by Gasteiger charge is 2.16. The molecule has 0 radical (unpaired) electrons. The predicted molar refractivity (Wildman–Crippen MR) is 210 cm³/mol. The van der Waals surface area contributed by atoms with Crippen molar-refractivity contribution in [1.29, 1.82) is 0 Å². The second-order valence-electron chi connectivity index (χ2n) is 12.9. The van der Waals surface area contributed by atoms with Gasteiger partial charge in [-0.3, -0.25) is 4.98 Å². The van der Waals surface area contributed by atoms with Crippen molar-refractivity contribution in [2.24, 2.45) is 0 Å². The molecule has 0 amide bonds. The number of furan rings is 1. The van der Waals surface area contributed by atoms with Crippen molar-refractivity contribution in [2.45, 2.75) is 0 Å². The Morgan fingerprint density at radius 2 is 0.880 bits per heavy atom. The number of anilines is 3. The van der Waals surface area contributed by atoms with Gasteiger partial charge in [-0.1, -0.05) is 103 Å². The van der Waals surface area contributed by atoms with Gasteiger partial charge in [-0.2, -0.15) is 0 Å². The molecule has 10 aromatic rings. The fourth-order valence-electron chi connectivity index (χ4n) is 7.26. The Morgan fingerprint density at radius 1 is 0.360 bits per heavy atom. The molecule has 0 aliphatic rings. The van der Waals surface area contributed by atoms with Crippen LogP contribution in [0.5, 0.6) is 0 Å². The minimum Gasteiger partial charge on any atom is -0.454 e. The molecule has 2 heterocycles. The molecule has 0 aliphatic carbocycles. The summed E-state index contributed by atoms with van der Waals surface area (Å²) in [5.41, 5.74) is 10.6. The van der Waals surface area contributed by atoms with Crippen LogP contribution in [0.15, 0.2) is 187 Å². The largest absolute Gasteiger partial charge is 0.454 e. The van der Waals surface area contributed by atoms with E-state index in [0.717, 1.165) is 49.9 Å². The maximum Gasteiger partial charge on any atom is 0.153 e. The van der Waals surface area contributed by atoms with Crippen LogP contribution in [0.2, 0.25) is 0 Å². The zero-order chi connectivity index (χ0) is 33.0. The number of hydrogen-bond acceptors (Lipinski definition) is 3. The molecule has 0 unspecified atom stereocenters. The highest BCUT2D eigenvalue weighted by atomic mass is 16.3. The van der Waals surface area contributed by atoms with Crippen molar-refractivity contribution in [1.82, 2.24) is 4.98 Å². The molecule has 0 saturated carbocycles. The second-order valence-corrected chi connectivity index (χ2v) is 12.9. The summed E-state index contributed by atoms with van der Waals surface area (Å²) >= 11 is 0. The fraction of sp³-hybridized carbons (Fsp3) is 0. The Hall–Kier alpha value is -6.71. The summed E-state index contributed by atoms with van der Waals surface area (Å²) < 4.78 is 6.22. The van der Waals surface area contributed by atoms with Gasteiger partial charge in [-0.15, -0.1) is 0 Å². The van der Waals surface area contributed by atoms with Crippen molar-refractivity contribution in [3.8, 4) is 22.3 Å². The van der Waals surface area contributed by atoms with E-state index in [9.17, 15) is 0 Å².